The Hall–Kier alpha value is 0.570. The summed E-state index contributed by atoms with van der Waals surface area (Å²) in [6.07, 6.45) is 6.89. The molecule has 0 aliphatic heterocycles. The van der Waals surface area contributed by atoms with E-state index in [-0.39, 0.29) is 0 Å². The van der Waals surface area contributed by atoms with Crippen LogP contribution in [0.5, 0.6) is 0 Å². The highest BCUT2D eigenvalue weighted by molar-refractivity contribution is 9.10. The number of hydrogen-bond donors (Lipinski definition) is 0. The van der Waals surface area contributed by atoms with E-state index in [2.05, 4.69) is 15.9 Å². The molecule has 0 heterocycles. The van der Waals surface area contributed by atoms with Gasteiger partial charge >= 0.3 is 0 Å². The maximum absolute atomic E-state index is 5.50. The van der Waals surface area contributed by atoms with Crippen LogP contribution in [0.3, 0.4) is 0 Å². The first-order valence-corrected chi connectivity index (χ1v) is 6.09. The molecule has 4 fully saturated rings. The topological polar surface area (TPSA) is 0 Å². The van der Waals surface area contributed by atoms with Gasteiger partial charge in [0.1, 0.15) is 0 Å². The molecule has 4 aliphatic rings. The van der Waals surface area contributed by atoms with Gasteiger partial charge in [0.15, 0.2) is 0 Å². The SMILES string of the molecule is S=C1C2CC3CC1CC(Br)(C3)C2. The van der Waals surface area contributed by atoms with Gasteiger partial charge in [-0.3, -0.25) is 0 Å². The van der Waals surface area contributed by atoms with E-state index in [4.69, 9.17) is 12.2 Å². The molecule has 4 aliphatic carbocycles. The lowest BCUT2D eigenvalue weighted by molar-refractivity contribution is 0.139. The van der Waals surface area contributed by atoms with E-state index in [0.29, 0.717) is 4.32 Å². The average Bonchev–Trinajstić information content (AvgIpc) is 1.96. The van der Waals surface area contributed by atoms with Crippen molar-refractivity contribution in [3.63, 3.8) is 0 Å². The Labute approximate surface area is 87.2 Å². The molecule has 4 saturated carbocycles. The average molecular weight is 245 g/mol. The Morgan fingerprint density at radius 1 is 1.17 bits per heavy atom. The van der Waals surface area contributed by atoms with Gasteiger partial charge in [-0.05, 0) is 54.7 Å². The normalized spacial score (nSPS) is 56.4. The third kappa shape index (κ3) is 0.971. The fourth-order valence-electron chi connectivity index (χ4n) is 3.65. The molecular formula is C10H13BrS. The van der Waals surface area contributed by atoms with Gasteiger partial charge in [-0.25, -0.2) is 0 Å². The second-order valence-corrected chi connectivity index (χ2v) is 7.05. The summed E-state index contributed by atoms with van der Waals surface area (Å²) in [6.45, 7) is 0. The zero-order chi connectivity index (χ0) is 8.34. The molecule has 66 valence electrons. The second kappa shape index (κ2) is 2.33. The fraction of sp³-hybridized carbons (Fsp3) is 0.900. The molecule has 0 amide bonds. The molecule has 0 aromatic carbocycles. The maximum atomic E-state index is 5.50. The largest absolute Gasteiger partial charge is 0.0891 e. The van der Waals surface area contributed by atoms with Crippen LogP contribution >= 0.6 is 28.1 Å². The Kier molecular flexibility index (Phi) is 1.54. The summed E-state index contributed by atoms with van der Waals surface area (Å²) in [5.41, 5.74) is 0. The van der Waals surface area contributed by atoms with E-state index in [9.17, 15) is 0 Å². The van der Waals surface area contributed by atoms with Gasteiger partial charge in [-0.15, -0.1) is 0 Å². The standard InChI is InChI=1S/C10H13BrS/c11-10-3-6-1-7(4-10)9(12)8(2-6)5-10/h6-8H,1-5H2. The molecule has 0 spiro atoms. The minimum Gasteiger partial charge on any atom is -0.0891 e. The molecule has 0 radical (unpaired) electrons. The van der Waals surface area contributed by atoms with Crippen LogP contribution in [-0.2, 0) is 0 Å². The lowest BCUT2D eigenvalue weighted by Crippen LogP contribution is -2.51. The molecule has 0 N–H and O–H groups in total. The molecular weight excluding hydrogens is 232 g/mol. The van der Waals surface area contributed by atoms with Crippen molar-refractivity contribution in [2.24, 2.45) is 17.8 Å². The Morgan fingerprint density at radius 2 is 1.75 bits per heavy atom. The molecule has 0 aromatic rings. The zero-order valence-electron chi connectivity index (χ0n) is 7.05. The van der Waals surface area contributed by atoms with Crippen LogP contribution in [0.15, 0.2) is 0 Å². The lowest BCUT2D eigenvalue weighted by atomic mass is 9.56. The van der Waals surface area contributed by atoms with Gasteiger partial charge < -0.3 is 0 Å². The van der Waals surface area contributed by atoms with E-state index in [1.54, 1.807) is 0 Å². The number of hydrogen-bond acceptors (Lipinski definition) is 1. The number of alkyl halides is 1. The van der Waals surface area contributed by atoms with Crippen molar-refractivity contribution in [3.8, 4) is 0 Å². The third-order valence-electron chi connectivity index (χ3n) is 3.92. The molecule has 2 atom stereocenters. The van der Waals surface area contributed by atoms with Crippen LogP contribution in [0, 0.1) is 17.8 Å². The van der Waals surface area contributed by atoms with Crippen LogP contribution in [-0.4, -0.2) is 9.19 Å². The van der Waals surface area contributed by atoms with Gasteiger partial charge in [-0.2, -0.15) is 0 Å². The van der Waals surface area contributed by atoms with Crippen molar-refractivity contribution < 1.29 is 0 Å². The molecule has 2 heteroatoms. The van der Waals surface area contributed by atoms with Crippen LogP contribution < -0.4 is 0 Å². The van der Waals surface area contributed by atoms with Crippen LogP contribution in [0.1, 0.15) is 32.1 Å². The Morgan fingerprint density at radius 3 is 2.25 bits per heavy atom. The minimum absolute atomic E-state index is 0.506. The lowest BCUT2D eigenvalue weighted by Gasteiger charge is -2.54. The Balaban J connectivity index is 2.00. The van der Waals surface area contributed by atoms with Crippen molar-refractivity contribution in [2.75, 3.05) is 0 Å². The van der Waals surface area contributed by atoms with E-state index in [1.165, 1.54) is 37.0 Å². The summed E-state index contributed by atoms with van der Waals surface area (Å²) in [7, 11) is 0. The van der Waals surface area contributed by atoms with Crippen LogP contribution in [0.2, 0.25) is 0 Å². The molecule has 12 heavy (non-hydrogen) atoms. The van der Waals surface area contributed by atoms with Gasteiger partial charge in [-0.1, -0.05) is 28.1 Å². The Bertz CT molecular complexity index is 230. The highest BCUT2D eigenvalue weighted by Crippen LogP contribution is 2.57. The molecule has 4 bridgehead atoms. The van der Waals surface area contributed by atoms with E-state index in [0.717, 1.165) is 17.8 Å². The van der Waals surface area contributed by atoms with E-state index < -0.39 is 0 Å². The van der Waals surface area contributed by atoms with Gasteiger partial charge in [0.05, 0.1) is 0 Å². The third-order valence-corrected chi connectivity index (χ3v) is 5.56. The first-order chi connectivity index (χ1) is 5.66. The van der Waals surface area contributed by atoms with E-state index in [1.807, 2.05) is 0 Å². The summed E-state index contributed by atoms with van der Waals surface area (Å²) in [5.74, 6) is 2.59. The maximum Gasteiger partial charge on any atom is 0.0272 e. The second-order valence-electron chi connectivity index (χ2n) is 4.90. The smallest absolute Gasteiger partial charge is 0.0272 e. The van der Waals surface area contributed by atoms with Crippen molar-refractivity contribution in [1.29, 1.82) is 0 Å². The zero-order valence-corrected chi connectivity index (χ0v) is 9.46. The quantitative estimate of drug-likeness (QED) is 0.466. The fourth-order valence-corrected chi connectivity index (χ4v) is 5.25. The van der Waals surface area contributed by atoms with Crippen LogP contribution in [0.4, 0.5) is 0 Å². The summed E-state index contributed by atoms with van der Waals surface area (Å²) in [5, 5.41) is 0. The summed E-state index contributed by atoms with van der Waals surface area (Å²) < 4.78 is 0.506. The number of halogens is 1. The van der Waals surface area contributed by atoms with Crippen molar-refractivity contribution >= 4 is 33.0 Å². The van der Waals surface area contributed by atoms with Crippen LogP contribution in [0.25, 0.3) is 0 Å². The van der Waals surface area contributed by atoms with Crippen molar-refractivity contribution in [2.45, 2.75) is 36.4 Å². The van der Waals surface area contributed by atoms with Gasteiger partial charge in [0.25, 0.3) is 0 Å². The molecule has 4 rings (SSSR count). The number of thiocarbonyl (C=S) groups is 1. The van der Waals surface area contributed by atoms with Crippen molar-refractivity contribution in [1.82, 2.24) is 0 Å². The van der Waals surface area contributed by atoms with Crippen molar-refractivity contribution in [3.05, 3.63) is 0 Å². The highest BCUT2D eigenvalue weighted by atomic mass is 79.9. The highest BCUT2D eigenvalue weighted by Gasteiger charge is 2.52. The summed E-state index contributed by atoms with van der Waals surface area (Å²) in [6, 6.07) is 0. The molecule has 0 aromatic heterocycles. The number of rotatable bonds is 0. The first kappa shape index (κ1) is 7.93. The summed E-state index contributed by atoms with van der Waals surface area (Å²) in [4.78, 5) is 1.42. The summed E-state index contributed by atoms with van der Waals surface area (Å²) >= 11 is 9.43. The van der Waals surface area contributed by atoms with E-state index >= 15 is 0 Å². The monoisotopic (exact) mass is 244 g/mol. The first-order valence-electron chi connectivity index (χ1n) is 4.89. The minimum atomic E-state index is 0.506. The molecule has 0 saturated heterocycles. The molecule has 0 nitrogen and oxygen atoms in total. The predicted molar refractivity (Wildman–Crippen MR) is 57.8 cm³/mol. The van der Waals surface area contributed by atoms with Gasteiger partial charge in [0, 0.05) is 4.32 Å². The van der Waals surface area contributed by atoms with Gasteiger partial charge in [0.2, 0.25) is 0 Å². The molecule has 2 unspecified atom stereocenters. The predicted octanol–water partition coefficient (Wildman–Crippen LogP) is 3.33.